The van der Waals surface area contributed by atoms with Crippen LogP contribution in [0.15, 0.2) is 48.5 Å². The van der Waals surface area contributed by atoms with Crippen molar-refractivity contribution in [2.45, 2.75) is 6.92 Å². The Morgan fingerprint density at radius 2 is 1.68 bits per heavy atom. The Bertz CT molecular complexity index is 634. The molecule has 0 saturated carbocycles. The van der Waals surface area contributed by atoms with Crippen molar-refractivity contribution in [2.24, 2.45) is 0 Å². The lowest BCUT2D eigenvalue weighted by Gasteiger charge is -2.08. The smallest absolute Gasteiger partial charge is 0.349 e. The minimum Gasteiger partial charge on any atom is -0.494 e. The van der Waals surface area contributed by atoms with E-state index in [2.05, 4.69) is 0 Å². The van der Waals surface area contributed by atoms with Gasteiger partial charge in [-0.05, 0) is 43.3 Å². The van der Waals surface area contributed by atoms with E-state index in [1.54, 1.807) is 42.5 Å². The molecular formula is C17H16O5. The minimum absolute atomic E-state index is 0.223. The maximum absolute atomic E-state index is 11.7. The van der Waals surface area contributed by atoms with Crippen molar-refractivity contribution in [1.29, 1.82) is 0 Å². The van der Waals surface area contributed by atoms with Crippen LogP contribution in [-0.2, 0) is 4.79 Å². The molecule has 114 valence electrons. The average molecular weight is 300 g/mol. The van der Waals surface area contributed by atoms with Crippen LogP contribution in [0, 0.1) is 0 Å². The van der Waals surface area contributed by atoms with E-state index in [-0.39, 0.29) is 6.61 Å². The molecule has 2 aromatic carbocycles. The summed E-state index contributed by atoms with van der Waals surface area (Å²) in [5.41, 5.74) is 0.442. The highest BCUT2D eigenvalue weighted by Gasteiger charge is 2.07. The van der Waals surface area contributed by atoms with Gasteiger partial charge in [0.25, 0.3) is 0 Å². The zero-order valence-electron chi connectivity index (χ0n) is 12.2. The molecule has 5 nitrogen and oxygen atoms in total. The van der Waals surface area contributed by atoms with Crippen molar-refractivity contribution in [3.63, 3.8) is 0 Å². The molecule has 0 spiro atoms. The van der Waals surface area contributed by atoms with E-state index < -0.39 is 5.97 Å². The molecule has 2 rings (SSSR count). The van der Waals surface area contributed by atoms with E-state index in [0.717, 1.165) is 5.75 Å². The highest BCUT2D eigenvalue weighted by atomic mass is 16.6. The summed E-state index contributed by atoms with van der Waals surface area (Å²) in [6, 6.07) is 13.3. The first-order valence-electron chi connectivity index (χ1n) is 6.83. The van der Waals surface area contributed by atoms with E-state index in [4.69, 9.17) is 14.2 Å². The summed E-state index contributed by atoms with van der Waals surface area (Å²) in [5.74, 6) is 1.05. The van der Waals surface area contributed by atoms with Gasteiger partial charge >= 0.3 is 5.97 Å². The number of ether oxygens (including phenoxy) is 3. The molecule has 22 heavy (non-hydrogen) atoms. The fraction of sp³-hybridized carbons (Fsp3) is 0.176. The quantitative estimate of drug-likeness (QED) is 0.447. The maximum Gasteiger partial charge on any atom is 0.349 e. The number of esters is 1. The summed E-state index contributed by atoms with van der Waals surface area (Å²) >= 11 is 0. The van der Waals surface area contributed by atoms with Crippen LogP contribution in [0.3, 0.4) is 0 Å². The Labute approximate surface area is 128 Å². The summed E-state index contributed by atoms with van der Waals surface area (Å²) in [6.45, 7) is 2.27. The van der Waals surface area contributed by atoms with Crippen LogP contribution < -0.4 is 14.2 Å². The van der Waals surface area contributed by atoms with Crippen molar-refractivity contribution in [3.8, 4) is 17.2 Å². The fourth-order valence-electron chi connectivity index (χ4n) is 1.75. The van der Waals surface area contributed by atoms with E-state index >= 15 is 0 Å². The largest absolute Gasteiger partial charge is 0.494 e. The first-order chi connectivity index (χ1) is 10.7. The number of hydrogen-bond donors (Lipinski definition) is 0. The topological polar surface area (TPSA) is 61.8 Å². The average Bonchev–Trinajstić information content (AvgIpc) is 2.55. The van der Waals surface area contributed by atoms with Crippen molar-refractivity contribution in [1.82, 2.24) is 0 Å². The molecule has 5 heteroatoms. The standard InChI is InChI=1S/C17H16O5/c1-2-20-14-6-8-15(9-7-14)21-12-17(19)22-16-5-3-4-13(10-16)11-18/h3-11H,2,12H2,1H3. The van der Waals surface area contributed by atoms with Gasteiger partial charge < -0.3 is 14.2 Å². The van der Waals surface area contributed by atoms with Gasteiger partial charge in [0.15, 0.2) is 6.61 Å². The number of rotatable bonds is 7. The van der Waals surface area contributed by atoms with Gasteiger partial charge in [-0.25, -0.2) is 4.79 Å². The molecule has 0 radical (unpaired) electrons. The van der Waals surface area contributed by atoms with Gasteiger partial charge in [0.1, 0.15) is 23.5 Å². The van der Waals surface area contributed by atoms with Crippen molar-refractivity contribution >= 4 is 12.3 Å². The van der Waals surface area contributed by atoms with Gasteiger partial charge in [0.2, 0.25) is 0 Å². The molecule has 0 aromatic heterocycles. The molecule has 0 bridgehead atoms. The van der Waals surface area contributed by atoms with Crippen molar-refractivity contribution < 1.29 is 23.8 Å². The van der Waals surface area contributed by atoms with Crippen molar-refractivity contribution in [3.05, 3.63) is 54.1 Å². The minimum atomic E-state index is -0.545. The fourth-order valence-corrected chi connectivity index (χ4v) is 1.75. The van der Waals surface area contributed by atoms with Crippen molar-refractivity contribution in [2.75, 3.05) is 13.2 Å². The Hall–Kier alpha value is -2.82. The summed E-state index contributed by atoms with van der Waals surface area (Å²) in [5, 5.41) is 0. The summed E-state index contributed by atoms with van der Waals surface area (Å²) in [7, 11) is 0. The van der Waals surface area contributed by atoms with Crippen LogP contribution in [0.2, 0.25) is 0 Å². The predicted molar refractivity (Wildman–Crippen MR) is 80.6 cm³/mol. The molecule has 2 aromatic rings. The molecule has 0 heterocycles. The van der Waals surface area contributed by atoms with Crippen LogP contribution in [-0.4, -0.2) is 25.5 Å². The van der Waals surface area contributed by atoms with Crippen LogP contribution in [0.5, 0.6) is 17.2 Å². The predicted octanol–water partition coefficient (Wildman–Crippen LogP) is 2.88. The molecular weight excluding hydrogens is 284 g/mol. The van der Waals surface area contributed by atoms with E-state index in [1.165, 1.54) is 6.07 Å². The second-order valence-corrected chi connectivity index (χ2v) is 4.36. The molecule has 0 N–H and O–H groups in total. The molecule has 0 saturated heterocycles. The van der Waals surface area contributed by atoms with Gasteiger partial charge in [-0.3, -0.25) is 4.79 Å². The molecule has 0 fully saturated rings. The lowest BCUT2D eigenvalue weighted by atomic mass is 10.2. The third-order valence-corrected chi connectivity index (χ3v) is 2.72. The summed E-state index contributed by atoms with van der Waals surface area (Å²) in [4.78, 5) is 22.3. The first-order valence-corrected chi connectivity index (χ1v) is 6.83. The number of carbonyl (C=O) groups is 2. The summed E-state index contributed by atoms with van der Waals surface area (Å²) < 4.78 is 15.7. The van der Waals surface area contributed by atoms with Crippen LogP contribution in [0.4, 0.5) is 0 Å². The third-order valence-electron chi connectivity index (χ3n) is 2.72. The lowest BCUT2D eigenvalue weighted by Crippen LogP contribution is -2.17. The molecule has 0 aliphatic heterocycles. The highest BCUT2D eigenvalue weighted by Crippen LogP contribution is 2.18. The van der Waals surface area contributed by atoms with Gasteiger partial charge in [-0.2, -0.15) is 0 Å². The Kier molecular flexibility index (Phi) is 5.54. The Morgan fingerprint density at radius 1 is 1.00 bits per heavy atom. The summed E-state index contributed by atoms with van der Waals surface area (Å²) in [6.07, 6.45) is 0.688. The second kappa shape index (κ2) is 7.83. The zero-order chi connectivity index (χ0) is 15.8. The highest BCUT2D eigenvalue weighted by molar-refractivity contribution is 5.77. The molecule has 0 atom stereocenters. The number of hydrogen-bond acceptors (Lipinski definition) is 5. The number of aldehydes is 1. The Balaban J connectivity index is 1.85. The van der Waals surface area contributed by atoms with Gasteiger partial charge in [-0.15, -0.1) is 0 Å². The van der Waals surface area contributed by atoms with E-state index in [1.807, 2.05) is 6.92 Å². The van der Waals surface area contributed by atoms with Gasteiger partial charge in [-0.1, -0.05) is 12.1 Å². The SMILES string of the molecule is CCOc1ccc(OCC(=O)Oc2cccc(C=O)c2)cc1. The van der Waals surface area contributed by atoms with E-state index in [9.17, 15) is 9.59 Å². The Morgan fingerprint density at radius 3 is 2.32 bits per heavy atom. The van der Waals surface area contributed by atoms with Crippen LogP contribution in [0.1, 0.15) is 17.3 Å². The number of benzene rings is 2. The van der Waals surface area contributed by atoms with Crippen LogP contribution >= 0.6 is 0 Å². The lowest BCUT2D eigenvalue weighted by molar-refractivity contribution is -0.136. The van der Waals surface area contributed by atoms with E-state index in [0.29, 0.717) is 30.0 Å². The van der Waals surface area contributed by atoms with Crippen LogP contribution in [0.25, 0.3) is 0 Å². The molecule has 0 unspecified atom stereocenters. The monoisotopic (exact) mass is 300 g/mol. The van der Waals surface area contributed by atoms with Gasteiger partial charge in [0.05, 0.1) is 6.61 Å². The second-order valence-electron chi connectivity index (χ2n) is 4.36. The maximum atomic E-state index is 11.7. The van der Waals surface area contributed by atoms with Gasteiger partial charge in [0, 0.05) is 5.56 Å². The number of carbonyl (C=O) groups excluding carboxylic acids is 2. The molecule has 0 aliphatic carbocycles. The first kappa shape index (κ1) is 15.6. The zero-order valence-corrected chi connectivity index (χ0v) is 12.2. The normalized spacial score (nSPS) is 9.86. The molecule has 0 aliphatic rings. The third kappa shape index (κ3) is 4.63. The molecule has 0 amide bonds.